The first-order valence-corrected chi connectivity index (χ1v) is 8.27. The smallest absolute Gasteiger partial charge is 0.311 e. The number of ether oxygens (including phenoxy) is 1. The van der Waals surface area contributed by atoms with Crippen LogP contribution in [0.2, 0.25) is 0 Å². The van der Waals surface area contributed by atoms with Crippen LogP contribution >= 0.6 is 0 Å². The van der Waals surface area contributed by atoms with Gasteiger partial charge in [-0.2, -0.15) is 0 Å². The van der Waals surface area contributed by atoms with Crippen molar-refractivity contribution < 1.29 is 14.3 Å². The highest BCUT2D eigenvalue weighted by molar-refractivity contribution is 5.89. The third-order valence-electron chi connectivity index (χ3n) is 3.55. The molecule has 0 aliphatic heterocycles. The maximum atomic E-state index is 11.9. The van der Waals surface area contributed by atoms with Crippen LogP contribution in [-0.2, 0) is 20.7 Å². The highest BCUT2D eigenvalue weighted by Crippen LogP contribution is 2.18. The lowest BCUT2D eigenvalue weighted by molar-refractivity contribution is -0.158. The number of hydrogen-bond acceptors (Lipinski definition) is 3. The van der Waals surface area contributed by atoms with Crippen LogP contribution in [0.15, 0.2) is 42.5 Å². The van der Waals surface area contributed by atoms with Crippen LogP contribution in [0.4, 0.5) is 0 Å². The lowest BCUT2D eigenvalue weighted by Crippen LogP contribution is -2.27. The molecule has 1 rings (SSSR count). The van der Waals surface area contributed by atoms with Gasteiger partial charge in [-0.1, -0.05) is 43.3 Å². The van der Waals surface area contributed by atoms with Gasteiger partial charge in [-0.3, -0.25) is 9.59 Å². The SMILES string of the molecule is CCC(C/C=C/C(=O)CCc1ccccc1)OC(=O)C(C)(C)C. The molecule has 0 heterocycles. The number of esters is 1. The lowest BCUT2D eigenvalue weighted by atomic mass is 9.97. The average molecular weight is 316 g/mol. The van der Waals surface area contributed by atoms with Gasteiger partial charge < -0.3 is 4.74 Å². The Morgan fingerprint density at radius 3 is 2.39 bits per heavy atom. The Morgan fingerprint density at radius 1 is 1.17 bits per heavy atom. The summed E-state index contributed by atoms with van der Waals surface area (Å²) < 4.78 is 5.47. The molecule has 3 heteroatoms. The molecule has 126 valence electrons. The number of ketones is 1. The van der Waals surface area contributed by atoms with Crippen molar-refractivity contribution in [1.29, 1.82) is 0 Å². The Labute approximate surface area is 139 Å². The predicted molar refractivity (Wildman–Crippen MR) is 93.2 cm³/mol. The zero-order valence-electron chi connectivity index (χ0n) is 14.7. The van der Waals surface area contributed by atoms with Crippen LogP contribution in [0.1, 0.15) is 52.5 Å². The van der Waals surface area contributed by atoms with Crippen LogP contribution in [0.25, 0.3) is 0 Å². The second-order valence-corrected chi connectivity index (χ2v) is 6.78. The number of aryl methyl sites for hydroxylation is 1. The lowest BCUT2D eigenvalue weighted by Gasteiger charge is -2.21. The summed E-state index contributed by atoms with van der Waals surface area (Å²) in [5, 5.41) is 0. The summed E-state index contributed by atoms with van der Waals surface area (Å²) in [6.45, 7) is 7.49. The zero-order valence-corrected chi connectivity index (χ0v) is 14.7. The molecule has 0 N–H and O–H groups in total. The van der Waals surface area contributed by atoms with Gasteiger partial charge in [-0.15, -0.1) is 0 Å². The van der Waals surface area contributed by atoms with E-state index in [9.17, 15) is 9.59 Å². The molecule has 0 bridgehead atoms. The third-order valence-corrected chi connectivity index (χ3v) is 3.55. The summed E-state index contributed by atoms with van der Waals surface area (Å²) in [6.07, 6.45) is 5.83. The van der Waals surface area contributed by atoms with Gasteiger partial charge in [0.1, 0.15) is 6.10 Å². The number of carbonyl (C=O) groups is 2. The van der Waals surface area contributed by atoms with Crippen molar-refractivity contribution in [2.45, 2.75) is 59.5 Å². The second-order valence-electron chi connectivity index (χ2n) is 6.78. The van der Waals surface area contributed by atoms with Crippen molar-refractivity contribution in [2.75, 3.05) is 0 Å². The number of carbonyl (C=O) groups excluding carboxylic acids is 2. The van der Waals surface area contributed by atoms with E-state index in [1.165, 1.54) is 5.56 Å². The van der Waals surface area contributed by atoms with E-state index in [1.54, 1.807) is 6.08 Å². The Balaban J connectivity index is 2.37. The molecule has 0 saturated carbocycles. The summed E-state index contributed by atoms with van der Waals surface area (Å²) in [6, 6.07) is 9.97. The first-order valence-electron chi connectivity index (χ1n) is 8.27. The molecule has 0 aliphatic rings. The average Bonchev–Trinajstić information content (AvgIpc) is 2.51. The van der Waals surface area contributed by atoms with E-state index in [0.717, 1.165) is 12.8 Å². The fourth-order valence-corrected chi connectivity index (χ4v) is 1.97. The van der Waals surface area contributed by atoms with Gasteiger partial charge >= 0.3 is 5.97 Å². The molecule has 1 unspecified atom stereocenters. The van der Waals surface area contributed by atoms with E-state index in [-0.39, 0.29) is 17.9 Å². The van der Waals surface area contributed by atoms with E-state index in [1.807, 2.05) is 64.1 Å². The van der Waals surface area contributed by atoms with Crippen molar-refractivity contribution in [1.82, 2.24) is 0 Å². The Kier molecular flexibility index (Phi) is 7.73. The number of rotatable bonds is 8. The van der Waals surface area contributed by atoms with Gasteiger partial charge in [0, 0.05) is 12.8 Å². The van der Waals surface area contributed by atoms with Crippen molar-refractivity contribution in [3.05, 3.63) is 48.0 Å². The summed E-state index contributed by atoms with van der Waals surface area (Å²) in [7, 11) is 0. The van der Waals surface area contributed by atoms with Gasteiger partial charge in [0.05, 0.1) is 5.41 Å². The van der Waals surface area contributed by atoms with Crippen LogP contribution in [-0.4, -0.2) is 17.9 Å². The summed E-state index contributed by atoms with van der Waals surface area (Å²) in [5.74, 6) is -0.0981. The minimum atomic E-state index is -0.497. The van der Waals surface area contributed by atoms with Gasteiger partial charge in [0.25, 0.3) is 0 Å². The second kappa shape index (κ2) is 9.29. The summed E-state index contributed by atoms with van der Waals surface area (Å²) in [5.41, 5.74) is 0.669. The normalized spacial score (nSPS) is 13.0. The van der Waals surface area contributed by atoms with Gasteiger partial charge in [0.15, 0.2) is 5.78 Å². The Bertz CT molecular complexity index is 524. The highest BCUT2D eigenvalue weighted by atomic mass is 16.5. The standard InChI is InChI=1S/C20H28O3/c1-5-18(23-19(22)20(2,3)4)13-9-12-17(21)15-14-16-10-7-6-8-11-16/h6-12,18H,5,13-15H2,1-4H3/b12-9+. The van der Waals surface area contributed by atoms with Crippen molar-refractivity contribution in [3.8, 4) is 0 Å². The number of hydrogen-bond donors (Lipinski definition) is 0. The largest absolute Gasteiger partial charge is 0.462 e. The third kappa shape index (κ3) is 7.78. The maximum absolute atomic E-state index is 11.9. The first-order chi connectivity index (χ1) is 10.8. The molecule has 3 nitrogen and oxygen atoms in total. The monoisotopic (exact) mass is 316 g/mol. The fourth-order valence-electron chi connectivity index (χ4n) is 1.97. The Hall–Kier alpha value is -1.90. The van der Waals surface area contributed by atoms with Crippen LogP contribution < -0.4 is 0 Å². The molecular weight excluding hydrogens is 288 g/mol. The maximum Gasteiger partial charge on any atom is 0.311 e. The van der Waals surface area contributed by atoms with E-state index in [0.29, 0.717) is 12.8 Å². The fraction of sp³-hybridized carbons (Fsp3) is 0.500. The van der Waals surface area contributed by atoms with Crippen LogP contribution in [0.5, 0.6) is 0 Å². The van der Waals surface area contributed by atoms with E-state index in [2.05, 4.69) is 0 Å². The topological polar surface area (TPSA) is 43.4 Å². The van der Waals surface area contributed by atoms with Gasteiger partial charge in [-0.25, -0.2) is 0 Å². The minimum Gasteiger partial charge on any atom is -0.462 e. The summed E-state index contributed by atoms with van der Waals surface area (Å²) in [4.78, 5) is 23.8. The molecule has 1 aromatic carbocycles. The quantitative estimate of drug-likeness (QED) is 0.524. The van der Waals surface area contributed by atoms with Crippen molar-refractivity contribution in [3.63, 3.8) is 0 Å². The highest BCUT2D eigenvalue weighted by Gasteiger charge is 2.25. The molecule has 0 saturated heterocycles. The van der Waals surface area contributed by atoms with Crippen molar-refractivity contribution in [2.24, 2.45) is 5.41 Å². The molecule has 23 heavy (non-hydrogen) atoms. The molecule has 1 atom stereocenters. The molecule has 0 amide bonds. The zero-order chi connectivity index (χ0) is 17.3. The molecule has 0 spiro atoms. The predicted octanol–water partition coefficient (Wildman–Crippen LogP) is 4.50. The van der Waals surface area contributed by atoms with E-state index >= 15 is 0 Å². The summed E-state index contributed by atoms with van der Waals surface area (Å²) >= 11 is 0. The van der Waals surface area contributed by atoms with E-state index in [4.69, 9.17) is 4.74 Å². The molecule has 0 aromatic heterocycles. The minimum absolute atomic E-state index is 0.103. The molecule has 0 radical (unpaired) electrons. The van der Waals surface area contributed by atoms with Gasteiger partial charge in [0.2, 0.25) is 0 Å². The number of benzene rings is 1. The molecular formula is C20H28O3. The molecule has 0 fully saturated rings. The Morgan fingerprint density at radius 2 is 1.83 bits per heavy atom. The number of allylic oxidation sites excluding steroid dienone is 1. The molecule has 0 aliphatic carbocycles. The molecule has 1 aromatic rings. The van der Waals surface area contributed by atoms with Gasteiger partial charge in [-0.05, 0) is 45.3 Å². The van der Waals surface area contributed by atoms with Crippen LogP contribution in [0.3, 0.4) is 0 Å². The first kappa shape index (κ1) is 19.1. The van der Waals surface area contributed by atoms with E-state index < -0.39 is 5.41 Å². The van der Waals surface area contributed by atoms with Crippen molar-refractivity contribution >= 4 is 11.8 Å². The van der Waals surface area contributed by atoms with Crippen LogP contribution in [0, 0.1) is 5.41 Å².